The summed E-state index contributed by atoms with van der Waals surface area (Å²) < 4.78 is 1.82. The molecule has 1 fully saturated rings. The summed E-state index contributed by atoms with van der Waals surface area (Å²) in [5, 5.41) is 9.86. The largest absolute Gasteiger partial charge is 0.366 e. The van der Waals surface area contributed by atoms with Gasteiger partial charge in [0.15, 0.2) is 5.65 Å². The van der Waals surface area contributed by atoms with Crippen LogP contribution in [0.5, 0.6) is 0 Å². The van der Waals surface area contributed by atoms with E-state index in [0.29, 0.717) is 17.6 Å². The lowest BCUT2D eigenvalue weighted by Gasteiger charge is -2.41. The fourth-order valence-electron chi connectivity index (χ4n) is 5.43. The van der Waals surface area contributed by atoms with E-state index in [9.17, 15) is 4.79 Å². The molecule has 3 aromatic carbocycles. The number of hydrogen-bond donors (Lipinski definition) is 2. The Balaban J connectivity index is 1.36. The second-order valence-corrected chi connectivity index (χ2v) is 9.55. The lowest BCUT2D eigenvalue weighted by molar-refractivity contribution is 0.100. The van der Waals surface area contributed by atoms with Gasteiger partial charge in [0, 0.05) is 59.9 Å². The number of nitrogens with two attached hydrogens (primary N) is 1. The molecular formula is C29H28N6O. The van der Waals surface area contributed by atoms with Gasteiger partial charge in [-0.15, -0.1) is 0 Å². The van der Waals surface area contributed by atoms with E-state index < -0.39 is 5.91 Å². The van der Waals surface area contributed by atoms with Crippen molar-refractivity contribution in [2.75, 3.05) is 18.0 Å². The molecule has 3 heterocycles. The van der Waals surface area contributed by atoms with E-state index in [2.05, 4.69) is 53.4 Å². The van der Waals surface area contributed by atoms with E-state index in [1.807, 2.05) is 53.4 Å². The van der Waals surface area contributed by atoms with Gasteiger partial charge < -0.3 is 16.0 Å². The third-order valence-corrected chi connectivity index (χ3v) is 7.16. The van der Waals surface area contributed by atoms with Gasteiger partial charge in [0.25, 0.3) is 0 Å². The summed E-state index contributed by atoms with van der Waals surface area (Å²) in [5.74, 6) is -0.438. The zero-order chi connectivity index (χ0) is 24.8. The minimum absolute atomic E-state index is 0.438. The van der Waals surface area contributed by atoms with Crippen molar-refractivity contribution < 1.29 is 4.79 Å². The zero-order valence-corrected chi connectivity index (χ0v) is 20.3. The molecule has 2 atom stereocenters. The van der Waals surface area contributed by atoms with Crippen LogP contribution in [0.15, 0.2) is 79.3 Å². The molecule has 0 spiro atoms. The van der Waals surface area contributed by atoms with E-state index in [1.165, 1.54) is 5.69 Å². The summed E-state index contributed by atoms with van der Waals surface area (Å²) >= 11 is 0. The Morgan fingerprint density at radius 1 is 0.889 bits per heavy atom. The molecule has 0 aliphatic carbocycles. The zero-order valence-electron chi connectivity index (χ0n) is 20.3. The molecule has 1 aliphatic heterocycles. The number of primary amides is 1. The third-order valence-electron chi connectivity index (χ3n) is 7.16. The molecule has 2 unspecified atom stereocenters. The number of aromatic nitrogens is 3. The van der Waals surface area contributed by atoms with E-state index in [1.54, 1.807) is 6.07 Å². The van der Waals surface area contributed by atoms with Gasteiger partial charge in [-0.1, -0.05) is 42.5 Å². The van der Waals surface area contributed by atoms with E-state index in [-0.39, 0.29) is 0 Å². The minimum atomic E-state index is -0.438. The molecule has 3 N–H and O–H groups in total. The van der Waals surface area contributed by atoms with Gasteiger partial charge in [-0.05, 0) is 53.9 Å². The van der Waals surface area contributed by atoms with Crippen molar-refractivity contribution in [1.29, 1.82) is 0 Å². The fraction of sp³-hybridized carbons (Fsp3) is 0.207. The lowest BCUT2D eigenvalue weighted by Crippen LogP contribution is -2.55. The molecule has 1 saturated heterocycles. The summed E-state index contributed by atoms with van der Waals surface area (Å²) in [6.07, 6.45) is 5.73. The minimum Gasteiger partial charge on any atom is -0.366 e. The SMILES string of the molecule is CC1CNCC(C)N1c1ccc(-c2cnc3c(-c4ccc(C(N)=O)c5ccccc45)cnn3c2)cc1. The number of benzene rings is 3. The van der Waals surface area contributed by atoms with Crippen molar-refractivity contribution >= 4 is 28.0 Å². The first-order valence-corrected chi connectivity index (χ1v) is 12.3. The van der Waals surface area contributed by atoms with Crippen molar-refractivity contribution in [1.82, 2.24) is 19.9 Å². The Labute approximate surface area is 209 Å². The van der Waals surface area contributed by atoms with Gasteiger partial charge >= 0.3 is 0 Å². The number of rotatable bonds is 4. The number of amides is 1. The second kappa shape index (κ2) is 8.77. The van der Waals surface area contributed by atoms with Gasteiger partial charge in [0.2, 0.25) is 5.91 Å². The van der Waals surface area contributed by atoms with Crippen LogP contribution in [0.1, 0.15) is 24.2 Å². The molecule has 7 nitrogen and oxygen atoms in total. The highest BCUT2D eigenvalue weighted by molar-refractivity contribution is 6.11. The van der Waals surface area contributed by atoms with Crippen LogP contribution in [-0.2, 0) is 0 Å². The average Bonchev–Trinajstić information content (AvgIpc) is 3.31. The van der Waals surface area contributed by atoms with Crippen molar-refractivity contribution in [2.45, 2.75) is 25.9 Å². The van der Waals surface area contributed by atoms with Crippen LogP contribution < -0.4 is 16.0 Å². The first-order valence-electron chi connectivity index (χ1n) is 12.3. The Morgan fingerprint density at radius 2 is 1.61 bits per heavy atom. The average molecular weight is 477 g/mol. The van der Waals surface area contributed by atoms with Crippen molar-refractivity contribution in [3.05, 3.63) is 84.8 Å². The number of carbonyl (C=O) groups is 1. The molecule has 1 amide bonds. The molecule has 0 radical (unpaired) electrons. The Morgan fingerprint density at radius 3 is 2.33 bits per heavy atom. The van der Waals surface area contributed by atoms with Crippen molar-refractivity contribution in [2.24, 2.45) is 5.73 Å². The number of anilines is 1. The summed E-state index contributed by atoms with van der Waals surface area (Å²) in [6, 6.07) is 21.1. The third kappa shape index (κ3) is 3.69. The number of piperazine rings is 1. The van der Waals surface area contributed by atoms with E-state index in [0.717, 1.165) is 51.8 Å². The highest BCUT2D eigenvalue weighted by Gasteiger charge is 2.24. The van der Waals surface area contributed by atoms with Gasteiger partial charge in [0.05, 0.1) is 6.20 Å². The maximum Gasteiger partial charge on any atom is 0.249 e. The molecular weight excluding hydrogens is 448 g/mol. The highest BCUT2D eigenvalue weighted by Crippen LogP contribution is 2.33. The van der Waals surface area contributed by atoms with Crippen LogP contribution in [0.4, 0.5) is 5.69 Å². The Hall–Kier alpha value is -4.23. The Kier molecular flexibility index (Phi) is 5.42. The van der Waals surface area contributed by atoms with Crippen LogP contribution in [-0.4, -0.2) is 45.7 Å². The molecule has 0 saturated carbocycles. The maximum atomic E-state index is 11.9. The summed E-state index contributed by atoms with van der Waals surface area (Å²) in [6.45, 7) is 6.51. The summed E-state index contributed by atoms with van der Waals surface area (Å²) in [5.41, 5.74) is 12.1. The summed E-state index contributed by atoms with van der Waals surface area (Å²) in [4.78, 5) is 19.2. The van der Waals surface area contributed by atoms with Crippen molar-refractivity contribution in [3.8, 4) is 22.3 Å². The number of carbonyl (C=O) groups excluding carboxylic acids is 1. The van der Waals surface area contributed by atoms with Crippen LogP contribution >= 0.6 is 0 Å². The molecule has 0 bridgehead atoms. The van der Waals surface area contributed by atoms with Gasteiger partial charge in [0.1, 0.15) is 0 Å². The van der Waals surface area contributed by atoms with E-state index in [4.69, 9.17) is 10.7 Å². The van der Waals surface area contributed by atoms with Gasteiger partial charge in [-0.2, -0.15) is 5.10 Å². The first-order chi connectivity index (χ1) is 17.5. The number of nitrogens with zero attached hydrogens (tertiary/aromatic N) is 4. The summed E-state index contributed by atoms with van der Waals surface area (Å²) in [7, 11) is 0. The monoisotopic (exact) mass is 476 g/mol. The smallest absolute Gasteiger partial charge is 0.249 e. The standard InChI is InChI=1S/C29H28N6O/c1-18-13-31-14-19(2)35(18)22-9-7-20(8-10-22)21-15-32-29-27(16-33-34(29)17-21)25-11-12-26(28(30)36)24-6-4-3-5-23(24)25/h3-12,15-19,31H,13-14H2,1-2H3,(H2,30,36). The number of hydrogen-bond acceptors (Lipinski definition) is 5. The lowest BCUT2D eigenvalue weighted by atomic mass is 9.96. The Bertz CT molecular complexity index is 1580. The predicted molar refractivity (Wildman–Crippen MR) is 144 cm³/mol. The van der Waals surface area contributed by atoms with Crippen LogP contribution in [0.25, 0.3) is 38.7 Å². The molecule has 1 aliphatic rings. The van der Waals surface area contributed by atoms with Crippen molar-refractivity contribution in [3.63, 3.8) is 0 Å². The number of fused-ring (bicyclic) bond motifs is 2. The molecule has 36 heavy (non-hydrogen) atoms. The molecule has 5 aromatic rings. The molecule has 7 heteroatoms. The quantitative estimate of drug-likeness (QED) is 0.399. The number of nitrogens with one attached hydrogen (secondary N) is 1. The van der Waals surface area contributed by atoms with Crippen LogP contribution in [0.2, 0.25) is 0 Å². The van der Waals surface area contributed by atoms with E-state index >= 15 is 0 Å². The van der Waals surface area contributed by atoms with Gasteiger partial charge in [-0.25, -0.2) is 9.50 Å². The fourth-order valence-corrected chi connectivity index (χ4v) is 5.43. The second-order valence-electron chi connectivity index (χ2n) is 9.55. The molecule has 2 aromatic heterocycles. The first kappa shape index (κ1) is 22.2. The molecule has 180 valence electrons. The molecule has 6 rings (SSSR count). The van der Waals surface area contributed by atoms with Crippen LogP contribution in [0.3, 0.4) is 0 Å². The normalized spacial score (nSPS) is 18.1. The predicted octanol–water partition coefficient (Wildman–Crippen LogP) is 4.50. The topological polar surface area (TPSA) is 88.5 Å². The maximum absolute atomic E-state index is 11.9. The van der Waals surface area contributed by atoms with Gasteiger partial charge in [-0.3, -0.25) is 4.79 Å². The van der Waals surface area contributed by atoms with Crippen LogP contribution in [0, 0.1) is 0 Å². The highest BCUT2D eigenvalue weighted by atomic mass is 16.1.